The Bertz CT molecular complexity index is 1170. The van der Waals surface area contributed by atoms with Crippen LogP contribution in [0.4, 0.5) is 5.95 Å². The fourth-order valence-corrected chi connectivity index (χ4v) is 3.78. The van der Waals surface area contributed by atoms with E-state index < -0.39 is 5.91 Å². The lowest BCUT2D eigenvalue weighted by molar-refractivity contribution is 0.102. The number of benzene rings is 1. The van der Waals surface area contributed by atoms with Gasteiger partial charge in [0.05, 0.1) is 11.4 Å². The number of aromatic nitrogens is 5. The van der Waals surface area contributed by atoms with Crippen LogP contribution >= 0.6 is 23.1 Å². The molecule has 8 nitrogen and oxygen atoms in total. The van der Waals surface area contributed by atoms with E-state index in [1.54, 1.807) is 4.52 Å². The Morgan fingerprint density at radius 3 is 2.89 bits per heavy atom. The van der Waals surface area contributed by atoms with Crippen LogP contribution in [0.15, 0.2) is 46.6 Å². The summed E-state index contributed by atoms with van der Waals surface area (Å²) in [7, 11) is 0. The molecule has 0 radical (unpaired) electrons. The second-order valence-electron chi connectivity index (χ2n) is 5.58. The summed E-state index contributed by atoms with van der Waals surface area (Å²) in [5, 5.41) is 8.94. The van der Waals surface area contributed by atoms with E-state index in [2.05, 4.69) is 25.4 Å². The van der Waals surface area contributed by atoms with E-state index in [-0.39, 0.29) is 17.2 Å². The number of nitrogens with zero attached hydrogens (tertiary/aromatic N) is 4. The molecule has 2 N–H and O–H groups in total. The van der Waals surface area contributed by atoms with Gasteiger partial charge in [-0.25, -0.2) is 9.50 Å². The van der Waals surface area contributed by atoms with Crippen LogP contribution in [-0.2, 0) is 5.75 Å². The molecule has 0 saturated carbocycles. The van der Waals surface area contributed by atoms with Gasteiger partial charge in [0.15, 0.2) is 0 Å². The van der Waals surface area contributed by atoms with Gasteiger partial charge in [-0.05, 0) is 6.26 Å². The standard InChI is InChI=1S/C17H14N6O2S2/c1-26-9-13-18-11(7-14(24)19-13)15(25)20-16-21-17-23(22-16)12(8-27-17)10-5-3-2-4-6-10/h2-8H,9H2,1H3,(H,18,19,24)(H,20,22,25). The van der Waals surface area contributed by atoms with Gasteiger partial charge in [-0.3, -0.25) is 14.9 Å². The van der Waals surface area contributed by atoms with Crippen molar-refractivity contribution in [3.63, 3.8) is 0 Å². The SMILES string of the molecule is CSCc1nc(C(=O)Nc2nc3scc(-c4ccccc4)n3n2)cc(=O)[nH]1. The van der Waals surface area contributed by atoms with E-state index >= 15 is 0 Å². The summed E-state index contributed by atoms with van der Waals surface area (Å²) in [5.74, 6) is 0.598. The maximum absolute atomic E-state index is 12.5. The molecule has 0 aliphatic rings. The number of amides is 1. The van der Waals surface area contributed by atoms with Gasteiger partial charge in [0.2, 0.25) is 4.96 Å². The lowest BCUT2D eigenvalue weighted by Crippen LogP contribution is -2.20. The topological polar surface area (TPSA) is 105 Å². The molecule has 0 spiro atoms. The van der Waals surface area contributed by atoms with Crippen LogP contribution in [0, 0.1) is 0 Å². The van der Waals surface area contributed by atoms with Gasteiger partial charge in [-0.1, -0.05) is 30.3 Å². The van der Waals surface area contributed by atoms with Crippen LogP contribution in [0.5, 0.6) is 0 Å². The van der Waals surface area contributed by atoms with E-state index in [1.165, 1.54) is 23.1 Å². The van der Waals surface area contributed by atoms with E-state index in [4.69, 9.17) is 0 Å². The highest BCUT2D eigenvalue weighted by Gasteiger charge is 2.16. The number of carbonyl (C=O) groups is 1. The first-order valence-corrected chi connectivity index (χ1v) is 10.2. The number of nitrogens with one attached hydrogen (secondary N) is 2. The third-order valence-corrected chi connectivity index (χ3v) is 5.06. The molecule has 27 heavy (non-hydrogen) atoms. The number of fused-ring (bicyclic) bond motifs is 1. The van der Waals surface area contributed by atoms with E-state index in [1.807, 2.05) is 42.0 Å². The van der Waals surface area contributed by atoms with E-state index in [0.717, 1.165) is 17.3 Å². The second-order valence-corrected chi connectivity index (χ2v) is 7.28. The minimum atomic E-state index is -0.525. The molecule has 4 aromatic rings. The van der Waals surface area contributed by atoms with E-state index in [9.17, 15) is 9.59 Å². The van der Waals surface area contributed by atoms with Crippen LogP contribution < -0.4 is 10.9 Å². The lowest BCUT2D eigenvalue weighted by atomic mass is 10.2. The Morgan fingerprint density at radius 2 is 2.11 bits per heavy atom. The van der Waals surface area contributed by atoms with Gasteiger partial charge in [-0.15, -0.1) is 16.4 Å². The summed E-state index contributed by atoms with van der Waals surface area (Å²) in [6.45, 7) is 0. The van der Waals surface area contributed by atoms with Crippen LogP contribution in [0.25, 0.3) is 16.2 Å². The fraction of sp³-hybridized carbons (Fsp3) is 0.118. The van der Waals surface area contributed by atoms with Crippen LogP contribution in [-0.4, -0.2) is 36.7 Å². The van der Waals surface area contributed by atoms with Gasteiger partial charge in [0.1, 0.15) is 11.5 Å². The molecule has 0 aliphatic carbocycles. The summed E-state index contributed by atoms with van der Waals surface area (Å²) >= 11 is 2.93. The first-order chi connectivity index (χ1) is 13.1. The molecular formula is C17H14N6O2S2. The van der Waals surface area contributed by atoms with Crippen molar-refractivity contribution in [1.82, 2.24) is 24.6 Å². The Labute approximate surface area is 161 Å². The molecule has 1 amide bonds. The van der Waals surface area contributed by atoms with Crippen molar-refractivity contribution >= 4 is 39.9 Å². The van der Waals surface area contributed by atoms with Gasteiger partial charge >= 0.3 is 0 Å². The van der Waals surface area contributed by atoms with Gasteiger partial charge in [-0.2, -0.15) is 16.7 Å². The number of anilines is 1. The molecule has 3 aromatic heterocycles. The van der Waals surface area contributed by atoms with Crippen molar-refractivity contribution in [3.8, 4) is 11.3 Å². The lowest BCUT2D eigenvalue weighted by Gasteiger charge is -2.03. The average molecular weight is 398 g/mol. The summed E-state index contributed by atoms with van der Waals surface area (Å²) in [6, 6.07) is 11.0. The van der Waals surface area contributed by atoms with Crippen molar-refractivity contribution in [2.45, 2.75) is 5.75 Å². The van der Waals surface area contributed by atoms with Gasteiger partial charge in [0.25, 0.3) is 17.4 Å². The zero-order chi connectivity index (χ0) is 18.8. The first-order valence-electron chi connectivity index (χ1n) is 7.94. The van der Waals surface area contributed by atoms with Crippen molar-refractivity contribution < 1.29 is 4.79 Å². The monoisotopic (exact) mass is 398 g/mol. The van der Waals surface area contributed by atoms with Crippen molar-refractivity contribution in [3.05, 3.63) is 63.7 Å². The smallest absolute Gasteiger partial charge is 0.276 e. The van der Waals surface area contributed by atoms with Gasteiger partial charge in [0, 0.05) is 17.0 Å². The van der Waals surface area contributed by atoms with Crippen molar-refractivity contribution in [2.24, 2.45) is 0 Å². The number of hydrogen-bond donors (Lipinski definition) is 2. The van der Waals surface area contributed by atoms with Crippen LogP contribution in [0.3, 0.4) is 0 Å². The summed E-state index contributed by atoms with van der Waals surface area (Å²) in [4.78, 5) is 36.0. The van der Waals surface area contributed by atoms with Crippen LogP contribution in [0.2, 0.25) is 0 Å². The molecule has 10 heteroatoms. The molecule has 3 heterocycles. The minimum absolute atomic E-state index is 0.0317. The highest BCUT2D eigenvalue weighted by Crippen LogP contribution is 2.25. The third kappa shape index (κ3) is 3.62. The predicted molar refractivity (Wildman–Crippen MR) is 106 cm³/mol. The molecular weight excluding hydrogens is 384 g/mol. The molecule has 0 unspecified atom stereocenters. The first kappa shape index (κ1) is 17.4. The Kier molecular flexibility index (Phi) is 4.73. The highest BCUT2D eigenvalue weighted by molar-refractivity contribution is 7.97. The quantitative estimate of drug-likeness (QED) is 0.535. The third-order valence-electron chi connectivity index (χ3n) is 3.68. The number of thiazole rings is 1. The van der Waals surface area contributed by atoms with E-state index in [0.29, 0.717) is 16.5 Å². The van der Waals surface area contributed by atoms with Crippen molar-refractivity contribution in [2.75, 3.05) is 11.6 Å². The average Bonchev–Trinajstić information content (AvgIpc) is 3.22. The zero-order valence-corrected chi connectivity index (χ0v) is 15.8. The normalized spacial score (nSPS) is 11.0. The Morgan fingerprint density at radius 1 is 1.30 bits per heavy atom. The Hall–Kier alpha value is -2.98. The van der Waals surface area contributed by atoms with Crippen LogP contribution in [0.1, 0.15) is 16.3 Å². The molecule has 4 rings (SSSR count). The molecule has 0 aliphatic heterocycles. The maximum atomic E-state index is 12.5. The number of carbonyl (C=O) groups excluding carboxylic acids is 1. The number of aromatic amines is 1. The fourth-order valence-electron chi connectivity index (χ4n) is 2.54. The molecule has 0 bridgehead atoms. The molecule has 0 saturated heterocycles. The number of rotatable bonds is 5. The predicted octanol–water partition coefficient (Wildman–Crippen LogP) is 2.66. The maximum Gasteiger partial charge on any atom is 0.276 e. The number of hydrogen-bond acceptors (Lipinski definition) is 7. The second kappa shape index (κ2) is 7.33. The largest absolute Gasteiger partial charge is 0.310 e. The molecule has 0 fully saturated rings. The Balaban J connectivity index is 1.62. The van der Waals surface area contributed by atoms with Gasteiger partial charge < -0.3 is 4.98 Å². The molecule has 0 atom stereocenters. The number of H-pyrrole nitrogens is 1. The minimum Gasteiger partial charge on any atom is -0.310 e. The van der Waals surface area contributed by atoms with Crippen molar-refractivity contribution in [1.29, 1.82) is 0 Å². The zero-order valence-electron chi connectivity index (χ0n) is 14.2. The number of thioether (sulfide) groups is 1. The molecule has 136 valence electrons. The summed E-state index contributed by atoms with van der Waals surface area (Å²) in [6.07, 6.45) is 1.89. The summed E-state index contributed by atoms with van der Waals surface area (Å²) in [5.41, 5.74) is 1.55. The summed E-state index contributed by atoms with van der Waals surface area (Å²) < 4.78 is 1.68. The molecule has 1 aromatic carbocycles. The highest BCUT2D eigenvalue weighted by atomic mass is 32.2.